The van der Waals surface area contributed by atoms with Gasteiger partial charge >= 0.3 is 0 Å². The van der Waals surface area contributed by atoms with Crippen LogP contribution in [0.2, 0.25) is 5.02 Å². The summed E-state index contributed by atoms with van der Waals surface area (Å²) in [6.07, 6.45) is 1.47. The van der Waals surface area contributed by atoms with Gasteiger partial charge in [0.25, 0.3) is 0 Å². The fourth-order valence-electron chi connectivity index (χ4n) is 1.32. The van der Waals surface area contributed by atoms with Crippen LogP contribution in [0.3, 0.4) is 0 Å². The topological polar surface area (TPSA) is 74.8 Å². The van der Waals surface area contributed by atoms with Crippen LogP contribution >= 0.6 is 11.6 Å². The molecule has 1 heterocycles. The molecule has 0 atom stereocenters. The molecule has 7 heteroatoms. The van der Waals surface area contributed by atoms with E-state index >= 15 is 0 Å². The van der Waals surface area contributed by atoms with Crippen molar-refractivity contribution >= 4 is 27.4 Å². The number of hydrogen-bond donors (Lipinski definition) is 2. The number of aromatic nitrogens is 2. The van der Waals surface area contributed by atoms with Crippen LogP contribution in [0.25, 0.3) is 0 Å². The predicted octanol–water partition coefficient (Wildman–Crippen LogP) is 2.00. The second kappa shape index (κ2) is 4.77. The van der Waals surface area contributed by atoms with Gasteiger partial charge in [-0.25, -0.2) is 8.42 Å². The number of nitrogens with zero attached hydrogens (tertiary/aromatic N) is 1. The van der Waals surface area contributed by atoms with Crippen LogP contribution in [-0.2, 0) is 15.8 Å². The molecule has 90 valence electrons. The number of hydrogen-bond acceptors (Lipinski definition) is 3. The van der Waals surface area contributed by atoms with Gasteiger partial charge in [0.2, 0.25) is 10.0 Å². The molecule has 2 rings (SSSR count). The summed E-state index contributed by atoms with van der Waals surface area (Å²) in [6.45, 7) is 0. The SMILES string of the molecule is O=S(=O)(Cc1ccc(Cl)cc1)Nc1ccn[nH]1. The van der Waals surface area contributed by atoms with Crippen molar-refractivity contribution in [2.45, 2.75) is 5.75 Å². The Hall–Kier alpha value is -1.53. The Morgan fingerprint density at radius 2 is 1.94 bits per heavy atom. The Morgan fingerprint density at radius 3 is 2.53 bits per heavy atom. The van der Waals surface area contributed by atoms with Crippen molar-refractivity contribution in [1.29, 1.82) is 0 Å². The molecule has 0 aliphatic carbocycles. The molecule has 2 N–H and O–H groups in total. The Morgan fingerprint density at radius 1 is 1.24 bits per heavy atom. The summed E-state index contributed by atoms with van der Waals surface area (Å²) in [5.74, 6) is 0.238. The fourth-order valence-corrected chi connectivity index (χ4v) is 2.59. The highest BCUT2D eigenvalue weighted by molar-refractivity contribution is 7.91. The third-order valence-electron chi connectivity index (χ3n) is 2.04. The summed E-state index contributed by atoms with van der Waals surface area (Å²) >= 11 is 5.72. The number of anilines is 1. The van der Waals surface area contributed by atoms with Crippen molar-refractivity contribution in [3.05, 3.63) is 47.1 Å². The lowest BCUT2D eigenvalue weighted by Gasteiger charge is -2.05. The molecular formula is C10H10ClN3O2S. The van der Waals surface area contributed by atoms with Crippen molar-refractivity contribution in [1.82, 2.24) is 10.2 Å². The van der Waals surface area contributed by atoms with E-state index in [0.717, 1.165) is 0 Å². The van der Waals surface area contributed by atoms with Crippen LogP contribution in [0.5, 0.6) is 0 Å². The first-order valence-electron chi connectivity index (χ1n) is 4.79. The lowest BCUT2D eigenvalue weighted by molar-refractivity contribution is 0.600. The van der Waals surface area contributed by atoms with Gasteiger partial charge in [-0.3, -0.25) is 9.82 Å². The molecule has 0 unspecified atom stereocenters. The Bertz CT molecular complexity index is 579. The molecule has 2 aromatic rings. The maximum Gasteiger partial charge on any atom is 0.238 e. The molecule has 0 saturated carbocycles. The van der Waals surface area contributed by atoms with Gasteiger partial charge in [-0.1, -0.05) is 23.7 Å². The summed E-state index contributed by atoms with van der Waals surface area (Å²) in [5.41, 5.74) is 0.668. The van der Waals surface area contributed by atoms with Gasteiger partial charge in [0.1, 0.15) is 5.82 Å². The van der Waals surface area contributed by atoms with Gasteiger partial charge in [0.05, 0.1) is 11.9 Å². The molecule has 0 aliphatic heterocycles. The van der Waals surface area contributed by atoms with Crippen molar-refractivity contribution < 1.29 is 8.42 Å². The molecule has 0 spiro atoms. The maximum absolute atomic E-state index is 11.8. The van der Waals surface area contributed by atoms with Crippen LogP contribution in [0.15, 0.2) is 36.5 Å². The minimum Gasteiger partial charge on any atom is -0.267 e. The fraction of sp³-hybridized carbons (Fsp3) is 0.100. The molecule has 5 nitrogen and oxygen atoms in total. The van der Waals surface area contributed by atoms with Gasteiger partial charge in [0, 0.05) is 11.1 Å². The first-order valence-corrected chi connectivity index (χ1v) is 6.82. The average molecular weight is 272 g/mol. The highest BCUT2D eigenvalue weighted by Gasteiger charge is 2.12. The average Bonchev–Trinajstić information content (AvgIpc) is 2.73. The number of nitrogens with one attached hydrogen (secondary N) is 2. The Labute approximate surface area is 104 Å². The van der Waals surface area contributed by atoms with Crippen LogP contribution in [0.1, 0.15) is 5.56 Å². The van der Waals surface area contributed by atoms with E-state index in [1.54, 1.807) is 30.3 Å². The van der Waals surface area contributed by atoms with Crippen LogP contribution in [-0.4, -0.2) is 18.6 Å². The first-order chi connectivity index (χ1) is 8.05. The normalized spacial score (nSPS) is 11.4. The molecule has 0 fully saturated rings. The second-order valence-electron chi connectivity index (χ2n) is 3.46. The minimum atomic E-state index is -3.43. The van der Waals surface area contributed by atoms with E-state index in [-0.39, 0.29) is 5.75 Å². The number of H-pyrrole nitrogens is 1. The number of sulfonamides is 1. The van der Waals surface area contributed by atoms with Crippen LogP contribution in [0, 0.1) is 0 Å². The van der Waals surface area contributed by atoms with Crippen LogP contribution < -0.4 is 4.72 Å². The molecule has 0 aliphatic rings. The zero-order chi connectivity index (χ0) is 12.3. The molecule has 1 aromatic carbocycles. The summed E-state index contributed by atoms with van der Waals surface area (Å²) in [6, 6.07) is 8.20. The lowest BCUT2D eigenvalue weighted by Crippen LogP contribution is -2.15. The standard InChI is InChI=1S/C10H10ClN3O2S/c11-9-3-1-8(2-4-9)7-17(15,16)14-10-5-6-12-13-10/h1-6H,7H2,(H2,12,13,14). The van der Waals surface area contributed by atoms with Crippen molar-refractivity contribution in [2.75, 3.05) is 4.72 Å². The molecule has 0 amide bonds. The largest absolute Gasteiger partial charge is 0.267 e. The second-order valence-corrected chi connectivity index (χ2v) is 5.62. The van der Waals surface area contributed by atoms with Gasteiger partial charge < -0.3 is 0 Å². The molecule has 0 bridgehead atoms. The molecule has 0 saturated heterocycles. The van der Waals surface area contributed by atoms with Gasteiger partial charge in [0.15, 0.2) is 0 Å². The zero-order valence-corrected chi connectivity index (χ0v) is 10.3. The predicted molar refractivity (Wildman–Crippen MR) is 66.3 cm³/mol. The summed E-state index contributed by atoms with van der Waals surface area (Å²) in [7, 11) is -3.43. The summed E-state index contributed by atoms with van der Waals surface area (Å²) in [5, 5.41) is 6.76. The number of benzene rings is 1. The number of halogens is 1. The molecular weight excluding hydrogens is 262 g/mol. The summed E-state index contributed by atoms with van der Waals surface area (Å²) in [4.78, 5) is 0. The van der Waals surface area contributed by atoms with Crippen molar-refractivity contribution in [3.8, 4) is 0 Å². The third kappa shape index (κ3) is 3.47. The third-order valence-corrected chi connectivity index (χ3v) is 3.53. The van der Waals surface area contributed by atoms with E-state index in [9.17, 15) is 8.42 Å². The number of aromatic amines is 1. The van der Waals surface area contributed by atoms with E-state index in [4.69, 9.17) is 11.6 Å². The monoisotopic (exact) mass is 271 g/mol. The van der Waals surface area contributed by atoms with Gasteiger partial charge in [-0.2, -0.15) is 5.10 Å². The smallest absolute Gasteiger partial charge is 0.238 e. The quantitative estimate of drug-likeness (QED) is 0.893. The lowest BCUT2D eigenvalue weighted by atomic mass is 10.2. The van der Waals surface area contributed by atoms with Crippen molar-refractivity contribution in [3.63, 3.8) is 0 Å². The van der Waals surface area contributed by atoms with Gasteiger partial charge in [-0.05, 0) is 17.7 Å². The maximum atomic E-state index is 11.8. The summed E-state index contributed by atoms with van der Waals surface area (Å²) < 4.78 is 25.9. The molecule has 1 aromatic heterocycles. The van der Waals surface area contributed by atoms with Gasteiger partial charge in [-0.15, -0.1) is 0 Å². The molecule has 0 radical (unpaired) electrons. The number of rotatable bonds is 4. The zero-order valence-electron chi connectivity index (χ0n) is 8.72. The highest BCUT2D eigenvalue weighted by Crippen LogP contribution is 2.13. The van der Waals surface area contributed by atoms with E-state index in [0.29, 0.717) is 16.4 Å². The Kier molecular flexibility index (Phi) is 3.35. The Balaban J connectivity index is 2.09. The van der Waals surface area contributed by atoms with Crippen molar-refractivity contribution in [2.24, 2.45) is 0 Å². The van der Waals surface area contributed by atoms with E-state index in [2.05, 4.69) is 14.9 Å². The highest BCUT2D eigenvalue weighted by atomic mass is 35.5. The van der Waals surface area contributed by atoms with E-state index < -0.39 is 10.0 Å². The van der Waals surface area contributed by atoms with Crippen LogP contribution in [0.4, 0.5) is 5.82 Å². The molecule has 17 heavy (non-hydrogen) atoms. The van der Waals surface area contributed by atoms with E-state index in [1.807, 2.05) is 0 Å². The first kappa shape index (κ1) is 11.9. The minimum absolute atomic E-state index is 0.108. The van der Waals surface area contributed by atoms with E-state index in [1.165, 1.54) is 6.20 Å².